The summed E-state index contributed by atoms with van der Waals surface area (Å²) in [6.45, 7) is 4.83. The van der Waals surface area contributed by atoms with Crippen LogP contribution in [0.15, 0.2) is 30.3 Å². The van der Waals surface area contributed by atoms with Gasteiger partial charge in [-0.25, -0.2) is 0 Å². The van der Waals surface area contributed by atoms with Gasteiger partial charge < -0.3 is 0 Å². The summed E-state index contributed by atoms with van der Waals surface area (Å²) >= 11 is 0. The van der Waals surface area contributed by atoms with Gasteiger partial charge in [0.15, 0.2) is 0 Å². The van der Waals surface area contributed by atoms with E-state index in [1.54, 1.807) is 0 Å². The van der Waals surface area contributed by atoms with E-state index < -0.39 is 0 Å². The Kier molecular flexibility index (Phi) is 5.62. The molecule has 1 fully saturated rings. The summed E-state index contributed by atoms with van der Waals surface area (Å²) in [6.07, 6.45) is 8.97. The molecule has 0 aliphatic heterocycles. The van der Waals surface area contributed by atoms with Gasteiger partial charge in [-0.1, -0.05) is 57.0 Å². The van der Waals surface area contributed by atoms with Crippen LogP contribution in [0.5, 0.6) is 0 Å². The molecule has 3 N–H and O–H groups in total. The molecule has 0 amide bonds. The summed E-state index contributed by atoms with van der Waals surface area (Å²) in [5, 5.41) is 0. The fourth-order valence-corrected chi connectivity index (χ4v) is 3.84. The molecule has 2 heteroatoms. The molecule has 2 atom stereocenters. The zero-order valence-electron chi connectivity index (χ0n) is 13.1. The van der Waals surface area contributed by atoms with Crippen LogP contribution in [0.2, 0.25) is 0 Å². The van der Waals surface area contributed by atoms with Crippen molar-refractivity contribution in [1.82, 2.24) is 5.43 Å². The molecule has 2 nitrogen and oxygen atoms in total. The standard InChI is InChI=1S/C18H30N2/c1-18(2)14-7-6-12-16(18)17(20-19)13-8-11-15-9-4-3-5-10-15/h3-5,9-10,16-17,20H,6-8,11-14,19H2,1-2H3. The minimum absolute atomic E-state index is 0.433. The summed E-state index contributed by atoms with van der Waals surface area (Å²) < 4.78 is 0. The lowest BCUT2D eigenvalue weighted by atomic mass is 9.65. The van der Waals surface area contributed by atoms with Gasteiger partial charge in [0.1, 0.15) is 0 Å². The number of hydrazine groups is 1. The molecule has 1 aromatic carbocycles. The van der Waals surface area contributed by atoms with Gasteiger partial charge in [0.2, 0.25) is 0 Å². The van der Waals surface area contributed by atoms with Crippen LogP contribution in [0.25, 0.3) is 0 Å². The van der Waals surface area contributed by atoms with E-state index in [9.17, 15) is 0 Å². The Bertz CT molecular complexity index is 386. The van der Waals surface area contributed by atoms with Crippen LogP contribution in [0.3, 0.4) is 0 Å². The number of benzene rings is 1. The quantitative estimate of drug-likeness (QED) is 0.606. The molecular formula is C18H30N2. The highest BCUT2D eigenvalue weighted by atomic mass is 15.2. The molecule has 0 bridgehead atoms. The minimum Gasteiger partial charge on any atom is -0.271 e. The Morgan fingerprint density at radius 2 is 2.00 bits per heavy atom. The van der Waals surface area contributed by atoms with Crippen molar-refractivity contribution >= 4 is 0 Å². The fourth-order valence-electron chi connectivity index (χ4n) is 3.84. The number of nitrogens with two attached hydrogens (primary N) is 1. The smallest absolute Gasteiger partial charge is 0.0243 e. The molecule has 2 rings (SSSR count). The van der Waals surface area contributed by atoms with Crippen LogP contribution in [-0.2, 0) is 6.42 Å². The lowest BCUT2D eigenvalue weighted by Crippen LogP contribution is -2.47. The van der Waals surface area contributed by atoms with Gasteiger partial charge in [-0.2, -0.15) is 0 Å². The normalized spacial score (nSPS) is 23.4. The van der Waals surface area contributed by atoms with Crippen molar-refractivity contribution in [2.75, 3.05) is 0 Å². The van der Waals surface area contributed by atoms with Crippen LogP contribution in [0, 0.1) is 11.3 Å². The highest BCUT2D eigenvalue weighted by Crippen LogP contribution is 2.43. The van der Waals surface area contributed by atoms with Crippen molar-refractivity contribution in [1.29, 1.82) is 0 Å². The van der Waals surface area contributed by atoms with E-state index in [1.807, 2.05) is 0 Å². The van der Waals surface area contributed by atoms with E-state index in [4.69, 9.17) is 5.84 Å². The van der Waals surface area contributed by atoms with E-state index in [0.717, 1.165) is 12.3 Å². The maximum atomic E-state index is 5.85. The van der Waals surface area contributed by atoms with Crippen molar-refractivity contribution in [3.05, 3.63) is 35.9 Å². The van der Waals surface area contributed by atoms with Crippen molar-refractivity contribution in [3.63, 3.8) is 0 Å². The molecule has 0 heterocycles. The zero-order valence-corrected chi connectivity index (χ0v) is 13.1. The van der Waals surface area contributed by atoms with Crippen molar-refractivity contribution < 1.29 is 0 Å². The summed E-state index contributed by atoms with van der Waals surface area (Å²) in [6, 6.07) is 11.2. The van der Waals surface area contributed by atoms with E-state index in [-0.39, 0.29) is 0 Å². The predicted octanol–water partition coefficient (Wildman–Crippen LogP) is 4.06. The number of hydrogen-bond acceptors (Lipinski definition) is 2. The summed E-state index contributed by atoms with van der Waals surface area (Å²) in [4.78, 5) is 0. The second-order valence-electron chi connectivity index (χ2n) is 6.99. The molecule has 20 heavy (non-hydrogen) atoms. The van der Waals surface area contributed by atoms with Crippen molar-refractivity contribution in [2.24, 2.45) is 17.2 Å². The molecule has 0 spiro atoms. The van der Waals surface area contributed by atoms with Gasteiger partial charge in [-0.15, -0.1) is 0 Å². The summed E-state index contributed by atoms with van der Waals surface area (Å²) in [5.74, 6) is 6.57. The molecule has 0 saturated heterocycles. The topological polar surface area (TPSA) is 38.0 Å². The lowest BCUT2D eigenvalue weighted by Gasteiger charge is -2.43. The van der Waals surface area contributed by atoms with Gasteiger partial charge in [-0.3, -0.25) is 11.3 Å². The molecule has 1 saturated carbocycles. The fraction of sp³-hybridized carbons (Fsp3) is 0.667. The summed E-state index contributed by atoms with van der Waals surface area (Å²) in [7, 11) is 0. The van der Waals surface area contributed by atoms with Gasteiger partial charge in [0.25, 0.3) is 0 Å². The first-order valence-electron chi connectivity index (χ1n) is 8.13. The minimum atomic E-state index is 0.433. The average Bonchev–Trinajstić information content (AvgIpc) is 2.45. The highest BCUT2D eigenvalue weighted by Gasteiger charge is 2.36. The Hall–Kier alpha value is -0.860. The molecule has 0 aromatic heterocycles. The monoisotopic (exact) mass is 274 g/mol. The molecule has 1 aliphatic rings. The average molecular weight is 274 g/mol. The molecule has 2 unspecified atom stereocenters. The maximum absolute atomic E-state index is 5.85. The second kappa shape index (κ2) is 7.24. The Morgan fingerprint density at radius 1 is 1.25 bits per heavy atom. The van der Waals surface area contributed by atoms with Crippen LogP contribution in [-0.4, -0.2) is 6.04 Å². The number of hydrogen-bond donors (Lipinski definition) is 2. The molecule has 1 aliphatic carbocycles. The van der Waals surface area contributed by atoms with Gasteiger partial charge in [0.05, 0.1) is 0 Å². The van der Waals surface area contributed by atoms with Crippen molar-refractivity contribution in [2.45, 2.75) is 64.8 Å². The third-order valence-corrected chi connectivity index (χ3v) is 5.11. The molecular weight excluding hydrogens is 244 g/mol. The Morgan fingerprint density at radius 3 is 2.65 bits per heavy atom. The second-order valence-corrected chi connectivity index (χ2v) is 6.99. The SMILES string of the molecule is CC1(C)CCCCC1C(CCCc1ccccc1)NN. The van der Waals surface area contributed by atoms with E-state index in [0.29, 0.717) is 11.5 Å². The zero-order chi connectivity index (χ0) is 14.4. The van der Waals surface area contributed by atoms with Crippen LogP contribution >= 0.6 is 0 Å². The predicted molar refractivity (Wildman–Crippen MR) is 86.2 cm³/mol. The Labute approximate surface area is 124 Å². The number of rotatable bonds is 6. The third-order valence-electron chi connectivity index (χ3n) is 5.11. The van der Waals surface area contributed by atoms with Gasteiger partial charge >= 0.3 is 0 Å². The first-order chi connectivity index (χ1) is 9.63. The molecule has 0 radical (unpaired) electrons. The Balaban J connectivity index is 1.85. The summed E-state index contributed by atoms with van der Waals surface area (Å²) in [5.41, 5.74) is 4.98. The first-order valence-corrected chi connectivity index (χ1v) is 8.13. The van der Waals surface area contributed by atoms with Gasteiger partial charge in [-0.05, 0) is 49.0 Å². The van der Waals surface area contributed by atoms with Crippen LogP contribution in [0.1, 0.15) is 57.9 Å². The first kappa shape index (κ1) is 15.5. The highest BCUT2D eigenvalue weighted by molar-refractivity contribution is 5.14. The van der Waals surface area contributed by atoms with Crippen molar-refractivity contribution in [3.8, 4) is 0 Å². The number of nitrogens with one attached hydrogen (secondary N) is 1. The van der Waals surface area contributed by atoms with Gasteiger partial charge in [0, 0.05) is 6.04 Å². The van der Waals surface area contributed by atoms with Crippen LogP contribution < -0.4 is 11.3 Å². The maximum Gasteiger partial charge on any atom is 0.0243 e. The third kappa shape index (κ3) is 4.07. The van der Waals surface area contributed by atoms with Crippen LogP contribution in [0.4, 0.5) is 0 Å². The van der Waals surface area contributed by atoms with E-state index >= 15 is 0 Å². The lowest BCUT2D eigenvalue weighted by molar-refractivity contribution is 0.0939. The molecule has 1 aromatic rings. The largest absolute Gasteiger partial charge is 0.271 e. The van der Waals surface area contributed by atoms with E-state index in [1.165, 1.54) is 44.1 Å². The molecule has 112 valence electrons. The van der Waals surface area contributed by atoms with E-state index in [2.05, 4.69) is 49.6 Å². The number of aryl methyl sites for hydroxylation is 1.